The molecule has 0 spiro atoms. The van der Waals surface area contributed by atoms with Gasteiger partial charge in [0.25, 0.3) is 0 Å². The van der Waals surface area contributed by atoms with Crippen LogP contribution in [0.4, 0.5) is 0 Å². The Morgan fingerprint density at radius 1 is 0.568 bits per heavy atom. The number of benzene rings is 3. The number of nitrogens with two attached hydrogens (primary N) is 1. The van der Waals surface area contributed by atoms with E-state index in [-0.39, 0.29) is 25.2 Å². The van der Waals surface area contributed by atoms with Gasteiger partial charge in [0.1, 0.15) is 18.1 Å². The van der Waals surface area contributed by atoms with Crippen molar-refractivity contribution in [1.82, 2.24) is 16.0 Å². The molecule has 0 radical (unpaired) electrons. The molecule has 3 aromatic rings. The van der Waals surface area contributed by atoms with E-state index in [1.807, 2.05) is 91.0 Å². The zero-order valence-corrected chi connectivity index (χ0v) is 20.7. The molecule has 0 saturated carbocycles. The van der Waals surface area contributed by atoms with E-state index in [1.54, 1.807) is 0 Å². The van der Waals surface area contributed by atoms with Gasteiger partial charge in [-0.25, -0.2) is 0 Å². The molecule has 37 heavy (non-hydrogen) atoms. The van der Waals surface area contributed by atoms with Crippen LogP contribution in [0.5, 0.6) is 0 Å². The molecule has 0 saturated heterocycles. The molecule has 3 rings (SSSR count). The Labute approximate surface area is 216 Å². The van der Waals surface area contributed by atoms with Crippen LogP contribution in [0.1, 0.15) is 23.6 Å². The summed E-state index contributed by atoms with van der Waals surface area (Å²) in [5.41, 5.74) is 8.10. The second kappa shape index (κ2) is 13.6. The lowest BCUT2D eigenvalue weighted by Crippen LogP contribution is -2.57. The molecule has 0 aromatic heterocycles. The van der Waals surface area contributed by atoms with E-state index >= 15 is 0 Å². The maximum Gasteiger partial charge on any atom is 0.243 e. The number of hydrogen-bond acceptors (Lipinski definition) is 4. The molecule has 0 aliphatic rings. The Morgan fingerprint density at radius 3 is 1.24 bits per heavy atom. The van der Waals surface area contributed by atoms with Crippen molar-refractivity contribution in [3.8, 4) is 0 Å². The van der Waals surface area contributed by atoms with Crippen LogP contribution in [0.25, 0.3) is 0 Å². The van der Waals surface area contributed by atoms with Crippen LogP contribution >= 0.6 is 0 Å². The summed E-state index contributed by atoms with van der Waals surface area (Å²) in [6.07, 6.45) is 0.660. The van der Waals surface area contributed by atoms with E-state index in [2.05, 4.69) is 16.0 Å². The lowest BCUT2D eigenvalue weighted by molar-refractivity contribution is -0.133. The van der Waals surface area contributed by atoms with E-state index in [1.165, 1.54) is 6.92 Å². The van der Waals surface area contributed by atoms with Gasteiger partial charge in [0.05, 0.1) is 0 Å². The quantitative estimate of drug-likeness (QED) is 0.301. The number of primary amides is 1. The lowest BCUT2D eigenvalue weighted by Gasteiger charge is -2.25. The molecule has 192 valence electrons. The van der Waals surface area contributed by atoms with Crippen LogP contribution < -0.4 is 21.7 Å². The third-order valence-electron chi connectivity index (χ3n) is 5.83. The zero-order valence-electron chi connectivity index (χ0n) is 20.7. The molecule has 4 amide bonds. The Morgan fingerprint density at radius 2 is 0.892 bits per heavy atom. The second-order valence-electron chi connectivity index (χ2n) is 8.85. The first-order valence-electron chi connectivity index (χ1n) is 12.1. The SMILES string of the molecule is CC(=O)N[C@@H](Cc1ccccc1)C(=O)N[C@@H](Cc1ccccc1)C(=O)N[C@@H](Cc1ccccc1)C(N)=O. The summed E-state index contributed by atoms with van der Waals surface area (Å²) in [6, 6.07) is 24.9. The number of rotatable bonds is 12. The summed E-state index contributed by atoms with van der Waals surface area (Å²) in [6.45, 7) is 1.33. The zero-order chi connectivity index (χ0) is 26.6. The number of hydrogen-bond donors (Lipinski definition) is 4. The highest BCUT2D eigenvalue weighted by molar-refractivity contribution is 5.94. The number of carbonyl (C=O) groups is 4. The monoisotopic (exact) mass is 500 g/mol. The summed E-state index contributed by atoms with van der Waals surface area (Å²) < 4.78 is 0. The van der Waals surface area contributed by atoms with Gasteiger partial charge < -0.3 is 21.7 Å². The molecule has 0 aliphatic heterocycles. The van der Waals surface area contributed by atoms with Gasteiger partial charge in [-0.1, -0.05) is 91.0 Å². The summed E-state index contributed by atoms with van der Waals surface area (Å²) in [5, 5.41) is 8.16. The third kappa shape index (κ3) is 8.92. The molecular weight excluding hydrogens is 468 g/mol. The van der Waals surface area contributed by atoms with Crippen molar-refractivity contribution in [2.45, 2.75) is 44.3 Å². The summed E-state index contributed by atoms with van der Waals surface area (Å²) in [5.74, 6) is -2.09. The van der Waals surface area contributed by atoms with Gasteiger partial charge >= 0.3 is 0 Å². The summed E-state index contributed by atoms with van der Waals surface area (Å²) >= 11 is 0. The van der Waals surface area contributed by atoms with E-state index in [9.17, 15) is 19.2 Å². The van der Waals surface area contributed by atoms with Gasteiger partial charge in [-0.2, -0.15) is 0 Å². The van der Waals surface area contributed by atoms with Gasteiger partial charge in [0.2, 0.25) is 23.6 Å². The average molecular weight is 501 g/mol. The van der Waals surface area contributed by atoms with Gasteiger partial charge in [-0.3, -0.25) is 19.2 Å². The minimum Gasteiger partial charge on any atom is -0.368 e. The molecular formula is C29H32N4O4. The molecule has 0 aliphatic carbocycles. The predicted octanol–water partition coefficient (Wildman–Crippen LogP) is 1.67. The van der Waals surface area contributed by atoms with Crippen LogP contribution in [0.3, 0.4) is 0 Å². The Balaban J connectivity index is 1.79. The highest BCUT2D eigenvalue weighted by atomic mass is 16.2. The lowest BCUT2D eigenvalue weighted by atomic mass is 10.0. The molecule has 0 unspecified atom stereocenters. The van der Waals surface area contributed by atoms with Crippen molar-refractivity contribution in [2.24, 2.45) is 5.73 Å². The third-order valence-corrected chi connectivity index (χ3v) is 5.83. The van der Waals surface area contributed by atoms with Crippen LogP contribution in [0.2, 0.25) is 0 Å². The maximum absolute atomic E-state index is 13.4. The van der Waals surface area contributed by atoms with Crippen molar-refractivity contribution in [2.75, 3.05) is 0 Å². The highest BCUT2D eigenvalue weighted by Gasteiger charge is 2.29. The van der Waals surface area contributed by atoms with Crippen molar-refractivity contribution < 1.29 is 19.2 Å². The van der Waals surface area contributed by atoms with Crippen molar-refractivity contribution in [1.29, 1.82) is 0 Å². The van der Waals surface area contributed by atoms with Crippen molar-refractivity contribution in [3.05, 3.63) is 108 Å². The van der Waals surface area contributed by atoms with Gasteiger partial charge in [0, 0.05) is 26.2 Å². The summed E-state index contributed by atoms with van der Waals surface area (Å²) in [4.78, 5) is 50.7. The molecule has 0 bridgehead atoms. The summed E-state index contributed by atoms with van der Waals surface area (Å²) in [7, 11) is 0. The normalized spacial score (nSPS) is 13.0. The van der Waals surface area contributed by atoms with Gasteiger partial charge in [-0.15, -0.1) is 0 Å². The van der Waals surface area contributed by atoms with Gasteiger partial charge in [0.15, 0.2) is 0 Å². The molecule has 8 heteroatoms. The Hall–Kier alpha value is -4.46. The van der Waals surface area contributed by atoms with Crippen LogP contribution in [0, 0.1) is 0 Å². The highest BCUT2D eigenvalue weighted by Crippen LogP contribution is 2.09. The van der Waals surface area contributed by atoms with E-state index in [4.69, 9.17) is 5.73 Å². The minimum atomic E-state index is -1.00. The van der Waals surface area contributed by atoms with Crippen molar-refractivity contribution >= 4 is 23.6 Å². The predicted molar refractivity (Wildman–Crippen MR) is 141 cm³/mol. The smallest absolute Gasteiger partial charge is 0.243 e. The molecule has 0 heterocycles. The fraction of sp³-hybridized carbons (Fsp3) is 0.241. The van der Waals surface area contributed by atoms with Gasteiger partial charge in [-0.05, 0) is 16.7 Å². The number of carbonyl (C=O) groups excluding carboxylic acids is 4. The van der Waals surface area contributed by atoms with Crippen molar-refractivity contribution in [3.63, 3.8) is 0 Å². The van der Waals surface area contributed by atoms with Crippen LogP contribution in [0.15, 0.2) is 91.0 Å². The van der Waals surface area contributed by atoms with Crippen LogP contribution in [-0.4, -0.2) is 41.8 Å². The minimum absolute atomic E-state index is 0.188. The Bertz CT molecular complexity index is 1190. The topological polar surface area (TPSA) is 130 Å². The van der Waals surface area contributed by atoms with E-state index in [0.29, 0.717) is 0 Å². The first-order chi connectivity index (χ1) is 17.8. The first kappa shape index (κ1) is 27.1. The fourth-order valence-corrected chi connectivity index (χ4v) is 3.98. The average Bonchev–Trinajstić information content (AvgIpc) is 2.89. The number of nitrogens with one attached hydrogen (secondary N) is 3. The van der Waals surface area contributed by atoms with Crippen LogP contribution in [-0.2, 0) is 38.4 Å². The molecule has 0 fully saturated rings. The Kier molecular flexibility index (Phi) is 9.96. The second-order valence-corrected chi connectivity index (χ2v) is 8.85. The maximum atomic E-state index is 13.4. The largest absolute Gasteiger partial charge is 0.368 e. The standard InChI is InChI=1S/C29H32N4O4/c1-20(34)31-25(18-22-13-7-3-8-14-22)28(36)33-26(19-23-15-9-4-10-16-23)29(37)32-24(27(30)35)17-21-11-5-2-6-12-21/h2-16,24-26H,17-19H2,1H3,(H2,30,35)(H,31,34)(H,32,37)(H,33,36)/t24-,25-,26-/m0/s1. The van der Waals surface area contributed by atoms with E-state index in [0.717, 1.165) is 16.7 Å². The van der Waals surface area contributed by atoms with E-state index < -0.39 is 35.8 Å². The molecule has 5 N–H and O–H groups in total. The molecule has 8 nitrogen and oxygen atoms in total. The number of amides is 4. The fourth-order valence-electron chi connectivity index (χ4n) is 3.98. The molecule has 3 aromatic carbocycles. The first-order valence-corrected chi connectivity index (χ1v) is 12.1. The molecule has 3 atom stereocenters.